The fourth-order valence-corrected chi connectivity index (χ4v) is 2.47. The maximum atomic E-state index is 13.8. The summed E-state index contributed by atoms with van der Waals surface area (Å²) in [6, 6.07) is 6.15. The van der Waals surface area contributed by atoms with Crippen LogP contribution in [0, 0.1) is 0 Å². The molecule has 0 aliphatic rings. The summed E-state index contributed by atoms with van der Waals surface area (Å²) in [6.45, 7) is 3.04. The van der Waals surface area contributed by atoms with Gasteiger partial charge in [0.1, 0.15) is 0 Å². The van der Waals surface area contributed by atoms with E-state index < -0.39 is 30.0 Å². The van der Waals surface area contributed by atoms with E-state index in [9.17, 15) is 30.7 Å². The van der Waals surface area contributed by atoms with Crippen molar-refractivity contribution in [3.05, 3.63) is 35.4 Å². The lowest BCUT2D eigenvalue weighted by molar-refractivity contribution is -0.361. The lowest BCUT2D eigenvalue weighted by atomic mass is 9.86. The zero-order chi connectivity index (χ0) is 19.5. The molecule has 0 amide bonds. The predicted molar refractivity (Wildman–Crippen MR) is 80.0 cm³/mol. The molecule has 0 aliphatic heterocycles. The molecule has 0 bridgehead atoms. The molecule has 0 fully saturated rings. The van der Waals surface area contributed by atoms with Crippen LogP contribution in [0.3, 0.4) is 0 Å². The lowest BCUT2D eigenvalue weighted by Crippen LogP contribution is -2.54. The van der Waals surface area contributed by atoms with E-state index in [4.69, 9.17) is 4.74 Å². The second-order valence-corrected chi connectivity index (χ2v) is 6.19. The van der Waals surface area contributed by atoms with Crippen LogP contribution in [0.2, 0.25) is 0 Å². The van der Waals surface area contributed by atoms with Crippen molar-refractivity contribution in [3.63, 3.8) is 0 Å². The van der Waals surface area contributed by atoms with Gasteiger partial charge in [-0.3, -0.25) is 0 Å². The molecule has 1 rings (SSSR count). The van der Waals surface area contributed by atoms with Crippen LogP contribution >= 0.6 is 0 Å². The summed E-state index contributed by atoms with van der Waals surface area (Å²) >= 11 is 0. The first-order chi connectivity index (χ1) is 11.3. The van der Waals surface area contributed by atoms with Crippen LogP contribution in [0.1, 0.15) is 44.2 Å². The van der Waals surface area contributed by atoms with Gasteiger partial charge in [0.05, 0.1) is 12.0 Å². The molecule has 1 aromatic carbocycles. The smallest absolute Gasteiger partial charge is 0.374 e. The summed E-state index contributed by atoms with van der Waals surface area (Å²) in [5.41, 5.74) is -1.10. The molecule has 1 atom stereocenters. The maximum Gasteiger partial charge on any atom is 0.459 e. The number of unbranched alkanes of at least 4 members (excludes halogenated alkanes) is 1. The molecule has 0 aliphatic carbocycles. The van der Waals surface area contributed by atoms with Crippen LogP contribution in [-0.2, 0) is 16.8 Å². The minimum atomic E-state index is -6.35. The first kappa shape index (κ1) is 21.7. The van der Waals surface area contributed by atoms with E-state index in [0.717, 1.165) is 32.4 Å². The molecule has 0 heterocycles. The number of halogens is 7. The SMILES string of the molecule is CCCCc1cccc(C(C)(CC(F)(F)C(F)(F)C(F)(F)F)OC)c1. The van der Waals surface area contributed by atoms with Crippen molar-refractivity contribution < 1.29 is 35.5 Å². The molecule has 0 spiro atoms. The summed E-state index contributed by atoms with van der Waals surface area (Å²) in [5.74, 6) is -11.5. The van der Waals surface area contributed by atoms with E-state index >= 15 is 0 Å². The molecule has 0 saturated heterocycles. The summed E-state index contributed by atoms with van der Waals surface area (Å²) in [6.07, 6.45) is -5.80. The number of hydrogen-bond acceptors (Lipinski definition) is 1. The van der Waals surface area contributed by atoms with Crippen molar-refractivity contribution in [2.45, 2.75) is 63.2 Å². The van der Waals surface area contributed by atoms with Crippen molar-refractivity contribution in [2.75, 3.05) is 7.11 Å². The van der Waals surface area contributed by atoms with E-state index in [-0.39, 0.29) is 5.56 Å². The Morgan fingerprint density at radius 3 is 2.08 bits per heavy atom. The summed E-state index contributed by atoms with van der Waals surface area (Å²) in [7, 11) is 1.00. The van der Waals surface area contributed by atoms with Crippen molar-refractivity contribution in [1.29, 1.82) is 0 Å². The molecular formula is C17H21F7O. The average Bonchev–Trinajstić information content (AvgIpc) is 2.51. The number of aryl methyl sites for hydroxylation is 1. The van der Waals surface area contributed by atoms with Crippen LogP contribution < -0.4 is 0 Å². The largest absolute Gasteiger partial charge is 0.459 e. The lowest BCUT2D eigenvalue weighted by Gasteiger charge is -2.36. The first-order valence-electron chi connectivity index (χ1n) is 7.77. The highest BCUT2D eigenvalue weighted by molar-refractivity contribution is 5.29. The predicted octanol–water partition coefficient (Wildman–Crippen LogP) is 6.11. The molecule has 0 aromatic heterocycles. The molecule has 25 heavy (non-hydrogen) atoms. The Kier molecular flexibility index (Phi) is 6.53. The van der Waals surface area contributed by atoms with E-state index in [2.05, 4.69) is 0 Å². The molecule has 1 unspecified atom stereocenters. The highest BCUT2D eigenvalue weighted by Gasteiger charge is 2.73. The second kappa shape index (κ2) is 7.51. The minimum Gasteiger partial charge on any atom is -0.374 e. The number of alkyl halides is 7. The van der Waals surface area contributed by atoms with E-state index in [1.54, 1.807) is 6.07 Å². The summed E-state index contributed by atoms with van der Waals surface area (Å²) in [5, 5.41) is 0. The molecule has 1 aromatic rings. The van der Waals surface area contributed by atoms with Gasteiger partial charge >= 0.3 is 18.0 Å². The average molecular weight is 374 g/mol. The Balaban J connectivity index is 3.19. The number of benzene rings is 1. The van der Waals surface area contributed by atoms with Crippen LogP contribution in [0.25, 0.3) is 0 Å². The maximum absolute atomic E-state index is 13.8. The van der Waals surface area contributed by atoms with Gasteiger partial charge in [-0.15, -0.1) is 0 Å². The highest BCUT2D eigenvalue weighted by atomic mass is 19.4. The zero-order valence-corrected chi connectivity index (χ0v) is 14.2. The van der Waals surface area contributed by atoms with E-state index in [1.165, 1.54) is 18.2 Å². The molecule has 0 N–H and O–H groups in total. The molecule has 8 heteroatoms. The Morgan fingerprint density at radius 2 is 1.60 bits per heavy atom. The molecule has 1 nitrogen and oxygen atoms in total. The van der Waals surface area contributed by atoms with Gasteiger partial charge in [-0.1, -0.05) is 37.6 Å². The topological polar surface area (TPSA) is 9.23 Å². The van der Waals surface area contributed by atoms with Gasteiger partial charge < -0.3 is 4.74 Å². The quantitative estimate of drug-likeness (QED) is 0.499. The van der Waals surface area contributed by atoms with Gasteiger partial charge in [-0.25, -0.2) is 0 Å². The van der Waals surface area contributed by atoms with Gasteiger partial charge in [0.2, 0.25) is 0 Å². The van der Waals surface area contributed by atoms with Gasteiger partial charge in [0.25, 0.3) is 0 Å². The number of methoxy groups -OCH3 is 1. The second-order valence-electron chi connectivity index (χ2n) is 6.19. The van der Waals surface area contributed by atoms with Crippen LogP contribution in [0.15, 0.2) is 24.3 Å². The van der Waals surface area contributed by atoms with Crippen molar-refractivity contribution >= 4 is 0 Å². The number of hydrogen-bond donors (Lipinski definition) is 0. The van der Waals surface area contributed by atoms with Crippen LogP contribution in [0.4, 0.5) is 30.7 Å². The summed E-state index contributed by atoms with van der Waals surface area (Å²) in [4.78, 5) is 0. The first-order valence-corrected chi connectivity index (χ1v) is 7.77. The zero-order valence-electron chi connectivity index (χ0n) is 14.2. The minimum absolute atomic E-state index is 0.126. The van der Waals surface area contributed by atoms with Crippen molar-refractivity contribution in [3.8, 4) is 0 Å². The third kappa shape index (κ3) is 4.65. The standard InChI is InChI=1S/C17H21F7O/c1-4-5-7-12-8-6-9-13(10-12)14(2,25-3)11-15(18,19)16(20,21)17(22,23)24/h6,8-10H,4-5,7,11H2,1-3H3. The van der Waals surface area contributed by atoms with Crippen molar-refractivity contribution in [2.24, 2.45) is 0 Å². The van der Waals surface area contributed by atoms with Crippen LogP contribution in [0.5, 0.6) is 0 Å². The molecule has 0 saturated carbocycles. The molecule has 144 valence electrons. The Hall–Kier alpha value is -1.31. The highest BCUT2D eigenvalue weighted by Crippen LogP contribution is 2.51. The van der Waals surface area contributed by atoms with E-state index in [1.807, 2.05) is 6.92 Å². The third-order valence-corrected chi connectivity index (χ3v) is 4.18. The van der Waals surface area contributed by atoms with Crippen LogP contribution in [-0.4, -0.2) is 25.1 Å². The third-order valence-electron chi connectivity index (χ3n) is 4.18. The number of rotatable bonds is 8. The fourth-order valence-electron chi connectivity index (χ4n) is 2.47. The van der Waals surface area contributed by atoms with Gasteiger partial charge in [0, 0.05) is 7.11 Å². The number of ether oxygens (including phenoxy) is 1. The monoisotopic (exact) mass is 374 g/mol. The van der Waals surface area contributed by atoms with Gasteiger partial charge in [-0.05, 0) is 30.9 Å². The Morgan fingerprint density at radius 1 is 1.00 bits per heavy atom. The molecular weight excluding hydrogens is 353 g/mol. The normalized spacial score (nSPS) is 15.9. The Labute approximate surface area is 142 Å². The summed E-state index contributed by atoms with van der Waals surface area (Å²) < 4.78 is 96.0. The Bertz CT molecular complexity index is 568. The van der Waals surface area contributed by atoms with Gasteiger partial charge in [-0.2, -0.15) is 30.7 Å². The van der Waals surface area contributed by atoms with Crippen molar-refractivity contribution in [1.82, 2.24) is 0 Å². The molecule has 0 radical (unpaired) electrons. The van der Waals surface area contributed by atoms with E-state index in [0.29, 0.717) is 6.42 Å². The fraction of sp³-hybridized carbons (Fsp3) is 0.647. The van der Waals surface area contributed by atoms with Gasteiger partial charge in [0.15, 0.2) is 0 Å².